The number of aliphatic hydroxyl groups excluding tert-OH is 1. The summed E-state index contributed by atoms with van der Waals surface area (Å²) in [5, 5.41) is 12.7. The molecule has 0 saturated carbocycles. The summed E-state index contributed by atoms with van der Waals surface area (Å²) >= 11 is 0. The highest BCUT2D eigenvalue weighted by Crippen LogP contribution is 2.32. The average Bonchev–Trinajstić information content (AvgIpc) is 2.56. The van der Waals surface area contributed by atoms with Gasteiger partial charge in [0.15, 0.2) is 0 Å². The Labute approximate surface area is 131 Å². The first-order valence-corrected chi connectivity index (χ1v) is 7.45. The molecule has 0 spiro atoms. The SMILES string of the molecule is CCOc1ccc(OC)cc1NC(C)c1cccc(CO)c1. The minimum absolute atomic E-state index is 0.0456. The molecule has 2 aromatic carbocycles. The van der Waals surface area contributed by atoms with Gasteiger partial charge in [0, 0.05) is 12.1 Å². The van der Waals surface area contributed by atoms with E-state index in [-0.39, 0.29) is 12.6 Å². The number of ether oxygens (including phenoxy) is 2. The van der Waals surface area contributed by atoms with Gasteiger partial charge >= 0.3 is 0 Å². The summed E-state index contributed by atoms with van der Waals surface area (Å²) in [4.78, 5) is 0. The molecule has 0 fully saturated rings. The van der Waals surface area contributed by atoms with Crippen molar-refractivity contribution in [3.05, 3.63) is 53.6 Å². The number of aliphatic hydroxyl groups is 1. The van der Waals surface area contributed by atoms with Crippen molar-refractivity contribution >= 4 is 5.69 Å². The van der Waals surface area contributed by atoms with Crippen LogP contribution in [0.5, 0.6) is 11.5 Å². The molecular weight excluding hydrogens is 278 g/mol. The van der Waals surface area contributed by atoms with E-state index in [0.29, 0.717) is 6.61 Å². The monoisotopic (exact) mass is 301 g/mol. The van der Waals surface area contributed by atoms with Crippen molar-refractivity contribution in [2.75, 3.05) is 19.0 Å². The van der Waals surface area contributed by atoms with E-state index in [2.05, 4.69) is 12.2 Å². The molecule has 0 aromatic heterocycles. The van der Waals surface area contributed by atoms with Crippen molar-refractivity contribution in [1.82, 2.24) is 0 Å². The Morgan fingerprint density at radius 1 is 1.18 bits per heavy atom. The predicted molar refractivity (Wildman–Crippen MR) is 88.6 cm³/mol. The molecule has 2 N–H and O–H groups in total. The Balaban J connectivity index is 2.23. The number of benzene rings is 2. The minimum atomic E-state index is 0.0456. The molecule has 0 aliphatic carbocycles. The highest BCUT2D eigenvalue weighted by atomic mass is 16.5. The third-order valence-electron chi connectivity index (χ3n) is 3.49. The second-order valence-corrected chi connectivity index (χ2v) is 5.06. The van der Waals surface area contributed by atoms with Crippen LogP contribution in [0.3, 0.4) is 0 Å². The molecule has 1 unspecified atom stereocenters. The van der Waals surface area contributed by atoms with Gasteiger partial charge in [0.1, 0.15) is 11.5 Å². The van der Waals surface area contributed by atoms with E-state index in [1.165, 1.54) is 0 Å². The van der Waals surface area contributed by atoms with Crippen LogP contribution in [0.2, 0.25) is 0 Å². The zero-order chi connectivity index (χ0) is 15.9. The largest absolute Gasteiger partial charge is 0.497 e. The van der Waals surface area contributed by atoms with Crippen LogP contribution in [0.4, 0.5) is 5.69 Å². The van der Waals surface area contributed by atoms with E-state index in [1.807, 2.05) is 49.4 Å². The second-order valence-electron chi connectivity index (χ2n) is 5.06. The van der Waals surface area contributed by atoms with Crippen LogP contribution < -0.4 is 14.8 Å². The lowest BCUT2D eigenvalue weighted by atomic mass is 10.0. The molecular formula is C18H23NO3. The summed E-state index contributed by atoms with van der Waals surface area (Å²) in [5.74, 6) is 1.58. The predicted octanol–water partition coefficient (Wildman–Crippen LogP) is 3.76. The van der Waals surface area contributed by atoms with E-state index in [9.17, 15) is 5.11 Å². The lowest BCUT2D eigenvalue weighted by Gasteiger charge is -2.19. The third-order valence-corrected chi connectivity index (χ3v) is 3.49. The maximum atomic E-state index is 9.26. The number of hydrogen-bond donors (Lipinski definition) is 2. The third kappa shape index (κ3) is 3.92. The highest BCUT2D eigenvalue weighted by Gasteiger charge is 2.11. The van der Waals surface area contributed by atoms with E-state index < -0.39 is 0 Å². The van der Waals surface area contributed by atoms with Crippen LogP contribution in [0.25, 0.3) is 0 Å². The fourth-order valence-electron chi connectivity index (χ4n) is 2.31. The molecule has 0 radical (unpaired) electrons. The van der Waals surface area contributed by atoms with Crippen molar-refractivity contribution in [2.24, 2.45) is 0 Å². The van der Waals surface area contributed by atoms with Gasteiger partial charge in [0.25, 0.3) is 0 Å². The summed E-state index contributed by atoms with van der Waals surface area (Å²) in [7, 11) is 1.65. The first-order valence-electron chi connectivity index (χ1n) is 7.45. The summed E-state index contributed by atoms with van der Waals surface area (Å²) in [5.41, 5.74) is 2.90. The Bertz CT molecular complexity index is 613. The first kappa shape index (κ1) is 16.2. The quantitative estimate of drug-likeness (QED) is 0.817. The van der Waals surface area contributed by atoms with Crippen LogP contribution in [0, 0.1) is 0 Å². The minimum Gasteiger partial charge on any atom is -0.497 e. The first-order chi connectivity index (χ1) is 10.7. The molecule has 0 aliphatic rings. The highest BCUT2D eigenvalue weighted by molar-refractivity contribution is 5.60. The zero-order valence-electron chi connectivity index (χ0n) is 13.3. The van der Waals surface area contributed by atoms with Gasteiger partial charge in [-0.15, -0.1) is 0 Å². The van der Waals surface area contributed by atoms with Crippen molar-refractivity contribution in [3.8, 4) is 11.5 Å². The van der Waals surface area contributed by atoms with E-state index in [0.717, 1.165) is 28.3 Å². The average molecular weight is 301 g/mol. The van der Waals surface area contributed by atoms with Gasteiger partial charge in [-0.3, -0.25) is 0 Å². The summed E-state index contributed by atoms with van der Waals surface area (Å²) in [6, 6.07) is 13.7. The Morgan fingerprint density at radius 3 is 2.68 bits per heavy atom. The number of nitrogens with one attached hydrogen (secondary N) is 1. The molecule has 0 amide bonds. The van der Waals surface area contributed by atoms with E-state index >= 15 is 0 Å². The number of hydrogen-bond acceptors (Lipinski definition) is 4. The maximum absolute atomic E-state index is 9.26. The van der Waals surface area contributed by atoms with E-state index in [1.54, 1.807) is 7.11 Å². The van der Waals surface area contributed by atoms with Crippen molar-refractivity contribution in [2.45, 2.75) is 26.5 Å². The Hall–Kier alpha value is -2.20. The standard InChI is InChI=1S/C18H23NO3/c1-4-22-18-9-8-16(21-3)11-17(18)19-13(2)15-7-5-6-14(10-15)12-20/h5-11,13,19-20H,4,12H2,1-3H3. The number of anilines is 1. The summed E-state index contributed by atoms with van der Waals surface area (Å²) in [6.07, 6.45) is 0. The van der Waals surface area contributed by atoms with E-state index in [4.69, 9.17) is 9.47 Å². The molecule has 1 atom stereocenters. The van der Waals surface area contributed by atoms with Crippen LogP contribution >= 0.6 is 0 Å². The van der Waals surface area contributed by atoms with Crippen molar-refractivity contribution in [1.29, 1.82) is 0 Å². The summed E-state index contributed by atoms with van der Waals surface area (Å²) in [6.45, 7) is 4.69. The smallest absolute Gasteiger partial charge is 0.142 e. The Kier molecular flexibility index (Phi) is 5.67. The van der Waals surface area contributed by atoms with Gasteiger partial charge in [-0.2, -0.15) is 0 Å². The second kappa shape index (κ2) is 7.71. The van der Waals surface area contributed by atoms with Crippen LogP contribution in [-0.4, -0.2) is 18.8 Å². The lowest BCUT2D eigenvalue weighted by molar-refractivity contribution is 0.281. The normalized spacial score (nSPS) is 11.8. The fraction of sp³-hybridized carbons (Fsp3) is 0.333. The topological polar surface area (TPSA) is 50.7 Å². The van der Waals surface area contributed by atoms with Gasteiger partial charge < -0.3 is 19.9 Å². The Morgan fingerprint density at radius 2 is 2.00 bits per heavy atom. The van der Waals surface area contributed by atoms with Gasteiger partial charge in [0.05, 0.1) is 26.0 Å². The van der Waals surface area contributed by atoms with Crippen LogP contribution in [0.15, 0.2) is 42.5 Å². The lowest BCUT2D eigenvalue weighted by Crippen LogP contribution is -2.09. The number of methoxy groups -OCH3 is 1. The number of rotatable bonds is 7. The van der Waals surface area contributed by atoms with Crippen molar-refractivity contribution in [3.63, 3.8) is 0 Å². The van der Waals surface area contributed by atoms with Crippen molar-refractivity contribution < 1.29 is 14.6 Å². The molecule has 0 saturated heterocycles. The molecule has 0 heterocycles. The maximum Gasteiger partial charge on any atom is 0.142 e. The van der Waals surface area contributed by atoms with Crippen LogP contribution in [0.1, 0.15) is 31.0 Å². The summed E-state index contributed by atoms with van der Waals surface area (Å²) < 4.78 is 10.9. The fourth-order valence-corrected chi connectivity index (χ4v) is 2.31. The van der Waals surface area contributed by atoms with Crippen LogP contribution in [-0.2, 0) is 6.61 Å². The molecule has 118 valence electrons. The molecule has 2 rings (SSSR count). The molecule has 0 bridgehead atoms. The molecule has 4 heteroatoms. The van der Waals surface area contributed by atoms with Gasteiger partial charge in [-0.25, -0.2) is 0 Å². The zero-order valence-corrected chi connectivity index (χ0v) is 13.3. The molecule has 2 aromatic rings. The van der Waals surface area contributed by atoms with Gasteiger partial charge in [0.2, 0.25) is 0 Å². The van der Waals surface area contributed by atoms with Gasteiger partial charge in [-0.1, -0.05) is 24.3 Å². The molecule has 0 aliphatic heterocycles. The molecule has 22 heavy (non-hydrogen) atoms. The molecule has 4 nitrogen and oxygen atoms in total. The van der Waals surface area contributed by atoms with Gasteiger partial charge in [-0.05, 0) is 37.1 Å².